The van der Waals surface area contributed by atoms with E-state index in [0.717, 1.165) is 30.5 Å². The predicted molar refractivity (Wildman–Crippen MR) is 93.0 cm³/mol. The van der Waals surface area contributed by atoms with Crippen molar-refractivity contribution in [1.82, 2.24) is 20.2 Å². The van der Waals surface area contributed by atoms with Gasteiger partial charge in [0.05, 0.1) is 24.3 Å². The number of ether oxygens (including phenoxy) is 1. The van der Waals surface area contributed by atoms with E-state index in [1.54, 1.807) is 18.3 Å². The highest BCUT2D eigenvalue weighted by atomic mass is 19.1. The van der Waals surface area contributed by atoms with Crippen LogP contribution in [0.3, 0.4) is 0 Å². The van der Waals surface area contributed by atoms with Gasteiger partial charge in [-0.15, -0.1) is 0 Å². The van der Waals surface area contributed by atoms with Gasteiger partial charge in [-0.1, -0.05) is 30.3 Å². The Morgan fingerprint density at radius 1 is 1.24 bits per heavy atom. The van der Waals surface area contributed by atoms with Gasteiger partial charge in [0.1, 0.15) is 18.3 Å². The van der Waals surface area contributed by atoms with Gasteiger partial charge in [0.2, 0.25) is 0 Å². The van der Waals surface area contributed by atoms with Gasteiger partial charge in [0.15, 0.2) is 5.65 Å². The standard InChI is InChI=1S/C18H20FN5O/c19-16(12-4-2-1-3-5-12)10-25-14-7-6-13(8-14)23-17-15-9-22-24-18(15)21-11-20-17/h1-5,9,11,13-14,16H,6-8,10H2,(H2,20,21,22,23,24)/t13-,14-,16?/m1/s1. The molecule has 1 unspecified atom stereocenters. The van der Waals surface area contributed by atoms with E-state index in [2.05, 4.69) is 25.5 Å². The topological polar surface area (TPSA) is 75.7 Å². The van der Waals surface area contributed by atoms with E-state index in [0.29, 0.717) is 11.2 Å². The fourth-order valence-electron chi connectivity index (χ4n) is 3.27. The Morgan fingerprint density at radius 3 is 3.00 bits per heavy atom. The number of nitrogens with zero attached hydrogens (tertiary/aromatic N) is 3. The molecule has 0 amide bonds. The van der Waals surface area contributed by atoms with Crippen molar-refractivity contribution in [3.63, 3.8) is 0 Å². The van der Waals surface area contributed by atoms with E-state index in [1.165, 1.54) is 6.33 Å². The molecular weight excluding hydrogens is 321 g/mol. The van der Waals surface area contributed by atoms with Crippen molar-refractivity contribution >= 4 is 16.9 Å². The Morgan fingerprint density at radius 2 is 2.12 bits per heavy atom. The van der Waals surface area contributed by atoms with Gasteiger partial charge >= 0.3 is 0 Å². The van der Waals surface area contributed by atoms with Crippen molar-refractivity contribution in [3.05, 3.63) is 48.4 Å². The van der Waals surface area contributed by atoms with Crippen molar-refractivity contribution in [3.8, 4) is 0 Å². The number of hydrogen-bond acceptors (Lipinski definition) is 5. The lowest BCUT2D eigenvalue weighted by atomic mass is 10.1. The molecule has 1 aliphatic rings. The average molecular weight is 341 g/mol. The van der Waals surface area contributed by atoms with Gasteiger partial charge in [0.25, 0.3) is 0 Å². The second kappa shape index (κ2) is 7.14. The van der Waals surface area contributed by atoms with Crippen LogP contribution in [0.5, 0.6) is 0 Å². The molecule has 1 aromatic carbocycles. The molecule has 2 aromatic heterocycles. The van der Waals surface area contributed by atoms with Gasteiger partial charge in [-0.2, -0.15) is 5.10 Å². The lowest BCUT2D eigenvalue weighted by molar-refractivity contribution is 0.0217. The molecule has 1 saturated carbocycles. The second-order valence-electron chi connectivity index (χ2n) is 6.34. The molecule has 7 heteroatoms. The van der Waals surface area contributed by atoms with Crippen LogP contribution in [0.4, 0.5) is 10.2 Å². The molecular formula is C18H20FN5O. The number of aromatic amines is 1. The maximum atomic E-state index is 14.2. The third-order valence-corrected chi connectivity index (χ3v) is 4.61. The molecule has 0 bridgehead atoms. The van der Waals surface area contributed by atoms with Crippen LogP contribution in [0.1, 0.15) is 31.0 Å². The summed E-state index contributed by atoms with van der Waals surface area (Å²) in [7, 11) is 0. The summed E-state index contributed by atoms with van der Waals surface area (Å²) in [5.74, 6) is 0.775. The largest absolute Gasteiger partial charge is 0.375 e. The molecule has 2 N–H and O–H groups in total. The first-order chi connectivity index (χ1) is 12.3. The molecule has 0 radical (unpaired) electrons. The lowest BCUT2D eigenvalue weighted by Crippen LogP contribution is -2.19. The van der Waals surface area contributed by atoms with Crippen molar-refractivity contribution in [1.29, 1.82) is 0 Å². The fraction of sp³-hybridized carbons (Fsp3) is 0.389. The molecule has 2 heterocycles. The highest BCUT2D eigenvalue weighted by molar-refractivity contribution is 5.85. The van der Waals surface area contributed by atoms with Crippen LogP contribution in [0.2, 0.25) is 0 Å². The number of rotatable bonds is 6. The van der Waals surface area contributed by atoms with Crippen LogP contribution in [0.15, 0.2) is 42.9 Å². The summed E-state index contributed by atoms with van der Waals surface area (Å²) in [4.78, 5) is 8.43. The molecule has 25 heavy (non-hydrogen) atoms. The summed E-state index contributed by atoms with van der Waals surface area (Å²) < 4.78 is 20.0. The normalized spacial score (nSPS) is 21.5. The molecule has 0 aliphatic heterocycles. The van der Waals surface area contributed by atoms with Gasteiger partial charge in [-0.3, -0.25) is 5.10 Å². The van der Waals surface area contributed by atoms with Crippen LogP contribution in [-0.2, 0) is 4.74 Å². The first-order valence-electron chi connectivity index (χ1n) is 8.51. The van der Waals surface area contributed by atoms with Crippen molar-refractivity contribution in [2.75, 3.05) is 11.9 Å². The van der Waals surface area contributed by atoms with E-state index in [1.807, 2.05) is 18.2 Å². The highest BCUT2D eigenvalue weighted by Gasteiger charge is 2.27. The number of anilines is 1. The first-order valence-corrected chi connectivity index (χ1v) is 8.51. The van der Waals surface area contributed by atoms with Crippen molar-refractivity contribution in [2.45, 2.75) is 37.6 Å². The maximum absolute atomic E-state index is 14.2. The van der Waals surface area contributed by atoms with Crippen LogP contribution in [0.25, 0.3) is 11.0 Å². The van der Waals surface area contributed by atoms with Gasteiger partial charge in [-0.25, -0.2) is 14.4 Å². The zero-order valence-corrected chi connectivity index (χ0v) is 13.7. The van der Waals surface area contributed by atoms with E-state index >= 15 is 0 Å². The Bertz CT molecular complexity index is 824. The SMILES string of the molecule is FC(CO[C@@H]1CC[C@@H](Nc2ncnc3[nH]ncc23)C1)c1ccccc1. The van der Waals surface area contributed by atoms with Crippen molar-refractivity contribution < 1.29 is 9.13 Å². The minimum Gasteiger partial charge on any atom is -0.375 e. The number of alkyl halides is 1. The molecule has 0 spiro atoms. The van der Waals surface area contributed by atoms with E-state index in [4.69, 9.17) is 4.74 Å². The van der Waals surface area contributed by atoms with E-state index in [9.17, 15) is 4.39 Å². The maximum Gasteiger partial charge on any atom is 0.160 e. The highest BCUT2D eigenvalue weighted by Crippen LogP contribution is 2.28. The van der Waals surface area contributed by atoms with Gasteiger partial charge in [0, 0.05) is 6.04 Å². The smallest absolute Gasteiger partial charge is 0.160 e. The predicted octanol–water partition coefficient (Wildman–Crippen LogP) is 3.41. The average Bonchev–Trinajstić information content (AvgIpc) is 3.30. The van der Waals surface area contributed by atoms with E-state index < -0.39 is 6.17 Å². The Kier molecular flexibility index (Phi) is 4.56. The van der Waals surface area contributed by atoms with E-state index in [-0.39, 0.29) is 18.8 Å². The number of H-pyrrole nitrogens is 1. The van der Waals surface area contributed by atoms with Crippen molar-refractivity contribution in [2.24, 2.45) is 0 Å². The summed E-state index contributed by atoms with van der Waals surface area (Å²) in [5, 5.41) is 11.1. The summed E-state index contributed by atoms with van der Waals surface area (Å²) in [6, 6.07) is 9.41. The summed E-state index contributed by atoms with van der Waals surface area (Å²) in [6.07, 6.45) is 4.94. The van der Waals surface area contributed by atoms with Crippen LogP contribution in [0, 0.1) is 0 Å². The minimum atomic E-state index is -1.08. The Labute approximate surface area is 144 Å². The number of halogens is 1. The Balaban J connectivity index is 1.30. The van der Waals surface area contributed by atoms with Gasteiger partial charge < -0.3 is 10.1 Å². The number of aromatic nitrogens is 4. The monoisotopic (exact) mass is 341 g/mol. The second-order valence-corrected chi connectivity index (χ2v) is 6.34. The van der Waals surface area contributed by atoms with Gasteiger partial charge in [-0.05, 0) is 24.8 Å². The first kappa shape index (κ1) is 16.0. The zero-order chi connectivity index (χ0) is 17.1. The third-order valence-electron chi connectivity index (χ3n) is 4.61. The molecule has 0 saturated heterocycles. The molecule has 130 valence electrons. The molecule has 6 nitrogen and oxygen atoms in total. The zero-order valence-electron chi connectivity index (χ0n) is 13.7. The minimum absolute atomic E-state index is 0.0705. The molecule has 3 aromatic rings. The molecule has 1 aliphatic carbocycles. The third kappa shape index (κ3) is 3.61. The summed E-state index contributed by atoms with van der Waals surface area (Å²) in [5.41, 5.74) is 1.38. The summed E-state index contributed by atoms with van der Waals surface area (Å²) in [6.45, 7) is 0.0981. The Hall–Kier alpha value is -2.54. The number of nitrogens with one attached hydrogen (secondary N) is 2. The quantitative estimate of drug-likeness (QED) is 0.718. The molecule has 1 fully saturated rings. The number of fused-ring (bicyclic) bond motifs is 1. The van der Waals surface area contributed by atoms with Crippen LogP contribution in [-0.4, -0.2) is 38.9 Å². The number of benzene rings is 1. The molecule has 4 rings (SSSR count). The lowest BCUT2D eigenvalue weighted by Gasteiger charge is -2.16. The number of hydrogen-bond donors (Lipinski definition) is 2. The summed E-state index contributed by atoms with van der Waals surface area (Å²) >= 11 is 0. The van der Waals surface area contributed by atoms with Crippen LogP contribution >= 0.6 is 0 Å². The van der Waals surface area contributed by atoms with Crippen LogP contribution < -0.4 is 5.32 Å². The molecule has 3 atom stereocenters. The fourth-order valence-corrected chi connectivity index (χ4v) is 3.27.